The molecule has 0 aliphatic rings. The fraction of sp³-hybridized carbons (Fsp3) is 0.222. The van der Waals surface area contributed by atoms with Crippen LogP contribution in [0.15, 0.2) is 48.7 Å². The first-order valence-electron chi connectivity index (χ1n) is 8.21. The van der Waals surface area contributed by atoms with Gasteiger partial charge < -0.3 is 10.6 Å². The lowest BCUT2D eigenvalue weighted by Crippen LogP contribution is -2.30. The minimum Gasteiger partial charge on any atom is -0.367 e. The van der Waals surface area contributed by atoms with Crippen molar-refractivity contribution in [1.82, 2.24) is 25.3 Å². The van der Waals surface area contributed by atoms with Gasteiger partial charge >= 0.3 is 0 Å². The first kappa shape index (κ1) is 17.9. The molecule has 2 heterocycles. The van der Waals surface area contributed by atoms with Gasteiger partial charge in [0, 0.05) is 24.3 Å². The molecule has 0 spiro atoms. The third-order valence-corrected chi connectivity index (χ3v) is 3.89. The number of anilines is 1. The summed E-state index contributed by atoms with van der Waals surface area (Å²) in [7, 11) is 0. The predicted molar refractivity (Wildman–Crippen MR) is 101 cm³/mol. The Kier molecular flexibility index (Phi) is 5.80. The Bertz CT molecular complexity index is 860. The SMILES string of the molecule is Cc1ccn(-c2ccc(NCCNC(=O)Cc3ccc(Cl)cc3)nn2)n1. The number of amides is 1. The second-order valence-electron chi connectivity index (χ2n) is 5.76. The van der Waals surface area contributed by atoms with Gasteiger partial charge in [-0.2, -0.15) is 5.10 Å². The highest BCUT2D eigenvalue weighted by atomic mass is 35.5. The molecule has 0 aliphatic carbocycles. The van der Waals surface area contributed by atoms with E-state index in [2.05, 4.69) is 25.9 Å². The predicted octanol–water partition coefficient (Wildman–Crippen LogP) is 2.39. The Hall–Kier alpha value is -2.93. The lowest BCUT2D eigenvalue weighted by Gasteiger charge is -2.08. The molecule has 0 bridgehead atoms. The van der Waals surface area contributed by atoms with Crippen LogP contribution < -0.4 is 10.6 Å². The van der Waals surface area contributed by atoms with Crippen LogP contribution in [0, 0.1) is 6.92 Å². The van der Waals surface area contributed by atoms with Gasteiger partial charge in [0.25, 0.3) is 0 Å². The molecular weight excluding hydrogens is 352 g/mol. The van der Waals surface area contributed by atoms with E-state index in [-0.39, 0.29) is 5.91 Å². The molecule has 2 N–H and O–H groups in total. The van der Waals surface area contributed by atoms with E-state index in [1.807, 2.05) is 43.5 Å². The molecule has 0 aliphatic heterocycles. The number of aromatic nitrogens is 4. The van der Waals surface area contributed by atoms with Crippen molar-refractivity contribution in [2.45, 2.75) is 13.3 Å². The number of carbonyl (C=O) groups excluding carboxylic acids is 1. The number of benzene rings is 1. The van der Waals surface area contributed by atoms with Crippen LogP contribution in [-0.2, 0) is 11.2 Å². The molecule has 0 unspecified atom stereocenters. The minimum absolute atomic E-state index is 0.0374. The summed E-state index contributed by atoms with van der Waals surface area (Å²) in [6.07, 6.45) is 2.16. The number of nitrogens with zero attached hydrogens (tertiary/aromatic N) is 4. The zero-order valence-corrected chi connectivity index (χ0v) is 15.1. The number of hydrogen-bond acceptors (Lipinski definition) is 5. The fourth-order valence-electron chi connectivity index (χ4n) is 2.33. The third kappa shape index (κ3) is 5.03. The van der Waals surface area contributed by atoms with Crippen molar-refractivity contribution < 1.29 is 4.79 Å². The molecule has 0 atom stereocenters. The smallest absolute Gasteiger partial charge is 0.224 e. The maximum atomic E-state index is 11.9. The first-order chi connectivity index (χ1) is 12.6. The van der Waals surface area contributed by atoms with Gasteiger partial charge in [0.15, 0.2) is 5.82 Å². The number of halogens is 1. The Morgan fingerprint density at radius 1 is 1.08 bits per heavy atom. The molecule has 26 heavy (non-hydrogen) atoms. The van der Waals surface area contributed by atoms with Gasteiger partial charge in [-0.15, -0.1) is 10.2 Å². The highest BCUT2D eigenvalue weighted by Crippen LogP contribution is 2.10. The maximum absolute atomic E-state index is 11.9. The monoisotopic (exact) mass is 370 g/mol. The normalized spacial score (nSPS) is 10.5. The van der Waals surface area contributed by atoms with Gasteiger partial charge in [-0.1, -0.05) is 23.7 Å². The van der Waals surface area contributed by atoms with Crippen LogP contribution in [0.5, 0.6) is 0 Å². The summed E-state index contributed by atoms with van der Waals surface area (Å²) in [5.41, 5.74) is 1.85. The summed E-state index contributed by atoms with van der Waals surface area (Å²) in [5.74, 6) is 1.26. The average molecular weight is 371 g/mol. The van der Waals surface area contributed by atoms with Crippen LogP contribution in [-0.4, -0.2) is 39.0 Å². The van der Waals surface area contributed by atoms with Gasteiger partial charge in [0.1, 0.15) is 5.82 Å². The second kappa shape index (κ2) is 8.44. The lowest BCUT2D eigenvalue weighted by molar-refractivity contribution is -0.120. The van der Waals surface area contributed by atoms with E-state index in [1.54, 1.807) is 16.8 Å². The Labute approximate surface area is 156 Å². The van der Waals surface area contributed by atoms with Crippen molar-refractivity contribution in [3.8, 4) is 5.82 Å². The molecule has 2 aromatic heterocycles. The van der Waals surface area contributed by atoms with E-state index in [0.29, 0.717) is 36.2 Å². The van der Waals surface area contributed by atoms with Gasteiger partial charge in [0.05, 0.1) is 12.1 Å². The summed E-state index contributed by atoms with van der Waals surface area (Å²) in [6.45, 7) is 2.97. The number of carbonyl (C=O) groups is 1. The summed E-state index contributed by atoms with van der Waals surface area (Å²) in [6, 6.07) is 12.8. The number of nitrogens with one attached hydrogen (secondary N) is 2. The highest BCUT2D eigenvalue weighted by molar-refractivity contribution is 6.30. The van der Waals surface area contributed by atoms with Crippen molar-refractivity contribution in [2.75, 3.05) is 18.4 Å². The average Bonchev–Trinajstić information content (AvgIpc) is 3.08. The largest absolute Gasteiger partial charge is 0.367 e. The Morgan fingerprint density at radius 2 is 1.88 bits per heavy atom. The summed E-state index contributed by atoms with van der Waals surface area (Å²) >= 11 is 5.83. The van der Waals surface area contributed by atoms with Crippen LogP contribution in [0.1, 0.15) is 11.3 Å². The highest BCUT2D eigenvalue weighted by Gasteiger charge is 2.04. The van der Waals surface area contributed by atoms with Gasteiger partial charge in [0.2, 0.25) is 5.91 Å². The Morgan fingerprint density at radius 3 is 2.54 bits per heavy atom. The number of hydrogen-bond donors (Lipinski definition) is 2. The second-order valence-corrected chi connectivity index (χ2v) is 6.19. The molecule has 3 rings (SSSR count). The van der Waals surface area contributed by atoms with Crippen molar-refractivity contribution in [1.29, 1.82) is 0 Å². The zero-order valence-electron chi connectivity index (χ0n) is 14.3. The molecule has 0 fully saturated rings. The molecular formula is C18H19ClN6O. The molecule has 1 amide bonds. The van der Waals surface area contributed by atoms with Gasteiger partial charge in [-0.05, 0) is 42.8 Å². The number of aryl methyl sites for hydroxylation is 1. The molecule has 134 valence electrons. The summed E-state index contributed by atoms with van der Waals surface area (Å²) < 4.78 is 1.67. The molecule has 0 radical (unpaired) electrons. The first-order valence-corrected chi connectivity index (χ1v) is 8.59. The van der Waals surface area contributed by atoms with Crippen LogP contribution in [0.2, 0.25) is 5.02 Å². The topological polar surface area (TPSA) is 84.7 Å². The zero-order chi connectivity index (χ0) is 18.4. The summed E-state index contributed by atoms with van der Waals surface area (Å²) in [5, 5.41) is 19.2. The van der Waals surface area contributed by atoms with E-state index >= 15 is 0 Å². The maximum Gasteiger partial charge on any atom is 0.224 e. The van der Waals surface area contributed by atoms with Crippen LogP contribution in [0.3, 0.4) is 0 Å². The van der Waals surface area contributed by atoms with Crippen molar-refractivity contribution in [2.24, 2.45) is 0 Å². The fourth-order valence-corrected chi connectivity index (χ4v) is 2.45. The van der Waals surface area contributed by atoms with E-state index in [9.17, 15) is 4.79 Å². The van der Waals surface area contributed by atoms with E-state index in [0.717, 1.165) is 11.3 Å². The standard InChI is InChI=1S/C18H19ClN6O/c1-13-8-11-25(24-13)17-7-6-16(22-23-17)20-9-10-21-18(26)12-14-2-4-15(19)5-3-14/h2-8,11H,9-10,12H2,1H3,(H,20,22)(H,21,26). The van der Waals surface area contributed by atoms with E-state index in [1.165, 1.54) is 0 Å². The summed E-state index contributed by atoms with van der Waals surface area (Å²) in [4.78, 5) is 11.9. The van der Waals surface area contributed by atoms with Gasteiger partial charge in [-0.25, -0.2) is 4.68 Å². The molecule has 8 heteroatoms. The van der Waals surface area contributed by atoms with E-state index in [4.69, 9.17) is 11.6 Å². The van der Waals surface area contributed by atoms with Crippen molar-refractivity contribution in [3.05, 3.63) is 64.9 Å². The Balaban J connectivity index is 1.40. The van der Waals surface area contributed by atoms with Crippen molar-refractivity contribution in [3.63, 3.8) is 0 Å². The van der Waals surface area contributed by atoms with E-state index < -0.39 is 0 Å². The van der Waals surface area contributed by atoms with Crippen molar-refractivity contribution >= 4 is 23.3 Å². The van der Waals surface area contributed by atoms with Crippen LogP contribution in [0.25, 0.3) is 5.82 Å². The van der Waals surface area contributed by atoms with Gasteiger partial charge in [-0.3, -0.25) is 4.79 Å². The van der Waals surface area contributed by atoms with Crippen LogP contribution in [0.4, 0.5) is 5.82 Å². The lowest BCUT2D eigenvalue weighted by atomic mass is 10.1. The molecule has 1 aromatic carbocycles. The quantitative estimate of drug-likeness (QED) is 0.624. The molecule has 0 saturated heterocycles. The molecule has 3 aromatic rings. The minimum atomic E-state index is -0.0374. The number of rotatable bonds is 7. The van der Waals surface area contributed by atoms with Crippen LogP contribution >= 0.6 is 11.6 Å². The molecule has 0 saturated carbocycles. The third-order valence-electron chi connectivity index (χ3n) is 3.64. The molecule has 7 nitrogen and oxygen atoms in total.